The molecule has 1 aromatic rings. The fourth-order valence-electron chi connectivity index (χ4n) is 4.72. The number of benzene rings is 1. The number of likely N-dealkylation sites (tertiary alicyclic amines) is 1. The van der Waals surface area contributed by atoms with Gasteiger partial charge in [0.15, 0.2) is 0 Å². The summed E-state index contributed by atoms with van der Waals surface area (Å²) >= 11 is 3.66. The zero-order valence-electron chi connectivity index (χ0n) is 18.1. The zero-order valence-corrected chi connectivity index (χ0v) is 19.7. The van der Waals surface area contributed by atoms with Gasteiger partial charge in [-0.1, -0.05) is 58.4 Å². The quantitative estimate of drug-likeness (QED) is 0.219. The van der Waals surface area contributed by atoms with Crippen LogP contribution in [0, 0.1) is 29.1 Å². The van der Waals surface area contributed by atoms with Crippen molar-refractivity contribution in [1.82, 2.24) is 4.90 Å². The molecule has 166 valence electrons. The Morgan fingerprint density at radius 3 is 2.23 bits per heavy atom. The van der Waals surface area contributed by atoms with Crippen LogP contribution in [0.25, 0.3) is 0 Å². The third-order valence-corrected chi connectivity index (χ3v) is 7.37. The Kier molecular flexibility index (Phi) is 7.20. The molecule has 2 fully saturated rings. The largest absolute Gasteiger partial charge is 0.463 e. The van der Waals surface area contributed by atoms with E-state index in [0.29, 0.717) is 6.42 Å². The Balaban J connectivity index is 1.56. The average Bonchev–Trinajstić information content (AvgIpc) is 3.25. The lowest BCUT2D eigenvalue weighted by Gasteiger charge is -2.26. The fraction of sp³-hybridized carbons (Fsp3) is 0.480. The van der Waals surface area contributed by atoms with Gasteiger partial charge in [0.2, 0.25) is 11.8 Å². The highest BCUT2D eigenvalue weighted by Gasteiger charge is 2.56. The fourth-order valence-corrected chi connectivity index (χ4v) is 5.84. The van der Waals surface area contributed by atoms with E-state index < -0.39 is 5.41 Å². The molecule has 0 radical (unpaired) electrons. The molecule has 31 heavy (non-hydrogen) atoms. The molecule has 1 aromatic carbocycles. The molecule has 1 saturated carbocycles. The Hall–Kier alpha value is -2.21. The van der Waals surface area contributed by atoms with Crippen molar-refractivity contribution in [3.8, 4) is 0 Å². The molecule has 5 nitrogen and oxygen atoms in total. The lowest BCUT2D eigenvalue weighted by molar-refractivity contribution is -0.157. The van der Waals surface area contributed by atoms with Crippen molar-refractivity contribution in [2.24, 2.45) is 29.1 Å². The van der Waals surface area contributed by atoms with Crippen LogP contribution in [0.15, 0.2) is 55.6 Å². The van der Waals surface area contributed by atoms with Gasteiger partial charge in [-0.25, -0.2) is 0 Å². The second-order valence-corrected chi connectivity index (χ2v) is 10.1. The maximum absolute atomic E-state index is 12.9. The molecule has 0 N–H and O–H groups in total. The highest BCUT2D eigenvalue weighted by Crippen LogP contribution is 2.48. The first-order valence-electron chi connectivity index (χ1n) is 10.7. The number of fused-ring (bicyclic) bond motifs is 1. The number of allylic oxidation sites excluding steroid dienone is 2. The topological polar surface area (TPSA) is 63.7 Å². The van der Waals surface area contributed by atoms with E-state index in [4.69, 9.17) is 4.74 Å². The normalized spacial score (nSPS) is 26.5. The van der Waals surface area contributed by atoms with Gasteiger partial charge in [-0.05, 0) is 44.1 Å². The van der Waals surface area contributed by atoms with Crippen LogP contribution in [-0.4, -0.2) is 35.8 Å². The van der Waals surface area contributed by atoms with Crippen LogP contribution in [0.3, 0.4) is 0 Å². The number of hydrogen-bond donors (Lipinski definition) is 0. The lowest BCUT2D eigenvalue weighted by Crippen LogP contribution is -2.37. The van der Waals surface area contributed by atoms with Gasteiger partial charge in [-0.2, -0.15) is 0 Å². The number of esters is 1. The number of hydrogen-bond acceptors (Lipinski definition) is 4. The van der Waals surface area contributed by atoms with Gasteiger partial charge in [0, 0.05) is 4.83 Å². The van der Waals surface area contributed by atoms with Crippen molar-refractivity contribution >= 4 is 33.7 Å². The number of rotatable bonds is 9. The molecule has 0 spiro atoms. The van der Waals surface area contributed by atoms with Gasteiger partial charge in [0.1, 0.15) is 6.61 Å². The molecule has 5 unspecified atom stereocenters. The Labute approximate surface area is 192 Å². The van der Waals surface area contributed by atoms with Crippen LogP contribution in [0.1, 0.15) is 37.1 Å². The van der Waals surface area contributed by atoms with E-state index in [0.717, 1.165) is 12.0 Å². The number of halogens is 1. The predicted octanol–water partition coefficient (Wildman–Crippen LogP) is 4.69. The van der Waals surface area contributed by atoms with Gasteiger partial charge in [0.25, 0.3) is 0 Å². The minimum Gasteiger partial charge on any atom is -0.463 e. The van der Waals surface area contributed by atoms with Crippen LogP contribution in [0.4, 0.5) is 0 Å². The summed E-state index contributed by atoms with van der Waals surface area (Å²) in [6.07, 6.45) is 4.82. The van der Waals surface area contributed by atoms with Crippen LogP contribution < -0.4 is 0 Å². The monoisotopic (exact) mass is 487 g/mol. The van der Waals surface area contributed by atoms with E-state index in [1.165, 1.54) is 4.90 Å². The van der Waals surface area contributed by atoms with Crippen molar-refractivity contribution in [3.63, 3.8) is 0 Å². The van der Waals surface area contributed by atoms with Gasteiger partial charge >= 0.3 is 5.97 Å². The summed E-state index contributed by atoms with van der Waals surface area (Å²) in [6.45, 7) is 11.4. The summed E-state index contributed by atoms with van der Waals surface area (Å²) in [4.78, 5) is 39.7. The molecular weight excluding hydrogens is 458 g/mol. The van der Waals surface area contributed by atoms with Crippen LogP contribution >= 0.6 is 15.9 Å². The first-order valence-corrected chi connectivity index (χ1v) is 11.6. The molecule has 3 rings (SSSR count). The molecule has 0 bridgehead atoms. The number of carbonyl (C=O) groups excluding carboxylic acids is 3. The Bertz CT molecular complexity index is 834. The second kappa shape index (κ2) is 9.51. The lowest BCUT2D eigenvalue weighted by atomic mass is 9.86. The van der Waals surface area contributed by atoms with Gasteiger partial charge in [-0.3, -0.25) is 19.3 Å². The van der Waals surface area contributed by atoms with E-state index in [9.17, 15) is 14.4 Å². The number of ether oxygens (including phenoxy) is 1. The second-order valence-electron chi connectivity index (χ2n) is 9.02. The molecule has 1 saturated heterocycles. The van der Waals surface area contributed by atoms with E-state index in [1.807, 2.05) is 44.2 Å². The van der Waals surface area contributed by atoms with Crippen LogP contribution in [0.5, 0.6) is 0 Å². The average molecular weight is 488 g/mol. The molecule has 1 aliphatic carbocycles. The maximum Gasteiger partial charge on any atom is 0.311 e. The summed E-state index contributed by atoms with van der Waals surface area (Å²) in [6, 6.07) is 9.89. The van der Waals surface area contributed by atoms with Crippen LogP contribution in [0.2, 0.25) is 0 Å². The molecule has 6 heteroatoms. The molecule has 1 aliphatic heterocycles. The zero-order chi connectivity index (χ0) is 22.8. The minimum absolute atomic E-state index is 0.00498. The smallest absolute Gasteiger partial charge is 0.311 e. The highest BCUT2D eigenvalue weighted by molar-refractivity contribution is 9.09. The summed E-state index contributed by atoms with van der Waals surface area (Å²) < 4.78 is 5.48. The van der Waals surface area contributed by atoms with Gasteiger partial charge in [0.05, 0.1) is 23.8 Å². The van der Waals surface area contributed by atoms with Crippen LogP contribution in [-0.2, 0) is 19.1 Å². The maximum atomic E-state index is 12.9. The van der Waals surface area contributed by atoms with Crippen molar-refractivity contribution in [2.45, 2.75) is 31.5 Å². The standard InChI is InChI=1S/C25H30BrNO4/c1-5-16-14-17(6-2)21-20(16)22(28)27(23(21)29)12-13-31-24(30)25(3,4)15-19(26)18-10-8-7-9-11-18/h5-11,16-17,19-21H,1-2,12-15H2,3-4H3. The molecule has 0 aromatic heterocycles. The third-order valence-electron chi connectivity index (χ3n) is 6.51. The van der Waals surface area contributed by atoms with E-state index in [1.54, 1.807) is 12.2 Å². The predicted molar refractivity (Wildman–Crippen MR) is 123 cm³/mol. The molecule has 5 atom stereocenters. The van der Waals surface area contributed by atoms with Crippen molar-refractivity contribution < 1.29 is 19.1 Å². The number of carbonyl (C=O) groups is 3. The number of amides is 2. The van der Waals surface area contributed by atoms with E-state index >= 15 is 0 Å². The number of nitrogens with zero attached hydrogens (tertiary/aromatic N) is 1. The molecular formula is C25H30BrNO4. The minimum atomic E-state index is -0.721. The van der Waals surface area contributed by atoms with Gasteiger partial charge < -0.3 is 4.74 Å². The van der Waals surface area contributed by atoms with Crippen molar-refractivity contribution in [1.29, 1.82) is 0 Å². The first kappa shape index (κ1) is 23.5. The number of alkyl halides is 1. The number of imide groups is 1. The highest BCUT2D eigenvalue weighted by atomic mass is 79.9. The van der Waals surface area contributed by atoms with Gasteiger partial charge in [-0.15, -0.1) is 13.2 Å². The summed E-state index contributed by atoms with van der Waals surface area (Å²) in [5, 5.41) is 0. The van der Waals surface area contributed by atoms with Crippen molar-refractivity contribution in [3.05, 3.63) is 61.2 Å². The Morgan fingerprint density at radius 1 is 1.16 bits per heavy atom. The summed E-state index contributed by atoms with van der Waals surface area (Å²) in [5.74, 6) is -1.52. The van der Waals surface area contributed by atoms with Crippen molar-refractivity contribution in [2.75, 3.05) is 13.2 Å². The SMILES string of the molecule is C=CC1CC(C=C)C2C(=O)N(CCOC(=O)C(C)(C)CC(Br)c3ccccc3)C(=O)C12. The van der Waals surface area contributed by atoms with E-state index in [-0.39, 0.29) is 59.4 Å². The van der Waals surface area contributed by atoms with E-state index in [2.05, 4.69) is 29.1 Å². The summed E-state index contributed by atoms with van der Waals surface area (Å²) in [5.41, 5.74) is 0.373. The first-order chi connectivity index (χ1) is 14.7. The third kappa shape index (κ3) is 4.69. The molecule has 1 heterocycles. The molecule has 2 amide bonds. The Morgan fingerprint density at radius 2 is 1.71 bits per heavy atom. The molecule has 2 aliphatic rings. The summed E-state index contributed by atoms with van der Waals surface area (Å²) in [7, 11) is 0.